The number of nitrogen functional groups attached to an aromatic ring is 1. The van der Waals surface area contributed by atoms with E-state index in [9.17, 15) is 9.18 Å². The van der Waals surface area contributed by atoms with Crippen molar-refractivity contribution < 1.29 is 23.4 Å². The second-order valence-corrected chi connectivity index (χ2v) is 6.16. The SMILES string of the molecule is COc1ccc(COc2ccc(-c3cc(OC)ccc3F)c(C(=O)NN)c2)cc1. The quantitative estimate of drug-likeness (QED) is 0.362. The number of rotatable bonds is 7. The van der Waals surface area contributed by atoms with E-state index in [1.54, 1.807) is 19.2 Å². The third-order valence-electron chi connectivity index (χ3n) is 4.40. The molecule has 3 rings (SSSR count). The van der Waals surface area contributed by atoms with Crippen molar-refractivity contribution in [3.8, 4) is 28.4 Å². The molecule has 0 aliphatic rings. The van der Waals surface area contributed by atoms with Crippen LogP contribution in [0.4, 0.5) is 4.39 Å². The number of nitrogens with two attached hydrogens (primary N) is 1. The number of benzene rings is 3. The second-order valence-electron chi connectivity index (χ2n) is 6.16. The zero-order chi connectivity index (χ0) is 20.8. The lowest BCUT2D eigenvalue weighted by Crippen LogP contribution is -2.30. The average Bonchev–Trinajstić information content (AvgIpc) is 2.77. The van der Waals surface area contributed by atoms with Crippen LogP contribution >= 0.6 is 0 Å². The van der Waals surface area contributed by atoms with Crippen LogP contribution in [0.15, 0.2) is 60.7 Å². The highest BCUT2D eigenvalue weighted by molar-refractivity contribution is 6.01. The minimum Gasteiger partial charge on any atom is -0.497 e. The molecule has 150 valence electrons. The topological polar surface area (TPSA) is 82.8 Å². The zero-order valence-corrected chi connectivity index (χ0v) is 16.1. The Morgan fingerprint density at radius 1 is 0.897 bits per heavy atom. The molecule has 0 atom stereocenters. The van der Waals surface area contributed by atoms with E-state index < -0.39 is 11.7 Å². The van der Waals surface area contributed by atoms with E-state index in [0.29, 0.717) is 23.7 Å². The van der Waals surface area contributed by atoms with Gasteiger partial charge in [0.2, 0.25) is 0 Å². The third kappa shape index (κ3) is 4.64. The van der Waals surface area contributed by atoms with Crippen molar-refractivity contribution in [2.75, 3.05) is 14.2 Å². The number of carbonyl (C=O) groups excluding carboxylic acids is 1. The van der Waals surface area contributed by atoms with Crippen molar-refractivity contribution in [3.63, 3.8) is 0 Å². The molecule has 0 aromatic heterocycles. The molecule has 0 unspecified atom stereocenters. The fraction of sp³-hybridized carbons (Fsp3) is 0.136. The molecular formula is C22H21FN2O4. The van der Waals surface area contributed by atoms with Gasteiger partial charge in [-0.15, -0.1) is 0 Å². The molecule has 29 heavy (non-hydrogen) atoms. The molecule has 0 spiro atoms. The molecule has 0 radical (unpaired) electrons. The highest BCUT2D eigenvalue weighted by atomic mass is 19.1. The van der Waals surface area contributed by atoms with Crippen molar-refractivity contribution in [1.29, 1.82) is 0 Å². The van der Waals surface area contributed by atoms with E-state index in [0.717, 1.165) is 11.3 Å². The van der Waals surface area contributed by atoms with Gasteiger partial charge in [-0.3, -0.25) is 10.2 Å². The normalized spacial score (nSPS) is 10.3. The molecule has 3 N–H and O–H groups in total. The Hall–Kier alpha value is -3.58. The van der Waals surface area contributed by atoms with E-state index >= 15 is 0 Å². The molecule has 0 aliphatic carbocycles. The monoisotopic (exact) mass is 396 g/mol. The summed E-state index contributed by atoms with van der Waals surface area (Å²) in [4.78, 5) is 12.3. The summed E-state index contributed by atoms with van der Waals surface area (Å²) in [7, 11) is 3.09. The van der Waals surface area contributed by atoms with Gasteiger partial charge in [-0.25, -0.2) is 10.2 Å². The first kappa shape index (κ1) is 20.2. The Kier molecular flexibility index (Phi) is 6.31. The molecule has 7 heteroatoms. The number of amides is 1. The molecule has 6 nitrogen and oxygen atoms in total. The Balaban J connectivity index is 1.90. The molecule has 3 aromatic carbocycles. The Bertz CT molecular complexity index is 1010. The van der Waals surface area contributed by atoms with Gasteiger partial charge < -0.3 is 14.2 Å². The smallest absolute Gasteiger partial charge is 0.265 e. The third-order valence-corrected chi connectivity index (χ3v) is 4.40. The fourth-order valence-electron chi connectivity index (χ4n) is 2.84. The highest BCUT2D eigenvalue weighted by Crippen LogP contribution is 2.32. The highest BCUT2D eigenvalue weighted by Gasteiger charge is 2.17. The number of carbonyl (C=O) groups is 1. The van der Waals surface area contributed by atoms with Crippen LogP contribution in [0.3, 0.4) is 0 Å². The maximum absolute atomic E-state index is 14.4. The van der Waals surface area contributed by atoms with Gasteiger partial charge in [0.1, 0.15) is 29.7 Å². The van der Waals surface area contributed by atoms with Crippen LogP contribution in [0.2, 0.25) is 0 Å². The molecule has 0 fully saturated rings. The fourth-order valence-corrected chi connectivity index (χ4v) is 2.84. The first-order valence-electron chi connectivity index (χ1n) is 8.80. The lowest BCUT2D eigenvalue weighted by atomic mass is 9.98. The van der Waals surface area contributed by atoms with Crippen LogP contribution in [-0.4, -0.2) is 20.1 Å². The molecule has 1 amide bonds. The predicted octanol–water partition coefficient (Wildman–Crippen LogP) is 3.69. The maximum Gasteiger partial charge on any atom is 0.265 e. The summed E-state index contributed by atoms with van der Waals surface area (Å²) in [5, 5.41) is 0. The standard InChI is InChI=1S/C22H21FN2O4/c1-27-15-5-3-14(4-6-15)13-29-17-7-9-18(20(12-17)22(26)25-24)19-11-16(28-2)8-10-21(19)23/h3-12H,13,24H2,1-2H3,(H,25,26). The van der Waals surface area contributed by atoms with Gasteiger partial charge in [-0.2, -0.15) is 0 Å². The second kappa shape index (κ2) is 9.07. The van der Waals surface area contributed by atoms with Crippen molar-refractivity contribution in [3.05, 3.63) is 77.6 Å². The summed E-state index contributed by atoms with van der Waals surface area (Å²) in [5.74, 6) is 5.95. The summed E-state index contributed by atoms with van der Waals surface area (Å²) in [5.41, 5.74) is 3.81. The van der Waals surface area contributed by atoms with Gasteiger partial charge >= 0.3 is 0 Å². The van der Waals surface area contributed by atoms with Crippen LogP contribution < -0.4 is 25.5 Å². The molecular weight excluding hydrogens is 375 g/mol. The van der Waals surface area contributed by atoms with E-state index in [4.69, 9.17) is 20.1 Å². The zero-order valence-electron chi connectivity index (χ0n) is 16.1. The van der Waals surface area contributed by atoms with Crippen molar-refractivity contribution in [2.45, 2.75) is 6.61 Å². The summed E-state index contributed by atoms with van der Waals surface area (Å²) in [6.45, 7) is 0.292. The van der Waals surface area contributed by atoms with Crippen molar-refractivity contribution in [2.24, 2.45) is 5.84 Å². The first-order chi connectivity index (χ1) is 14.0. The van der Waals surface area contributed by atoms with Crippen LogP contribution in [0.1, 0.15) is 15.9 Å². The number of methoxy groups -OCH3 is 2. The van der Waals surface area contributed by atoms with Crippen LogP contribution in [0.25, 0.3) is 11.1 Å². The van der Waals surface area contributed by atoms with E-state index in [2.05, 4.69) is 5.43 Å². The predicted molar refractivity (Wildman–Crippen MR) is 107 cm³/mol. The number of nitrogens with one attached hydrogen (secondary N) is 1. The molecule has 0 heterocycles. The van der Waals surface area contributed by atoms with Gasteiger partial charge in [0.05, 0.1) is 19.8 Å². The molecule has 3 aromatic rings. The van der Waals surface area contributed by atoms with E-state index in [-0.39, 0.29) is 11.1 Å². The average molecular weight is 396 g/mol. The molecule has 0 aliphatic heterocycles. The Morgan fingerprint density at radius 2 is 1.55 bits per heavy atom. The number of hydrogen-bond donors (Lipinski definition) is 2. The van der Waals surface area contributed by atoms with Gasteiger partial charge in [-0.05, 0) is 59.7 Å². The number of halogens is 1. The lowest BCUT2D eigenvalue weighted by Gasteiger charge is -2.14. The van der Waals surface area contributed by atoms with Gasteiger partial charge in [0, 0.05) is 5.56 Å². The number of ether oxygens (including phenoxy) is 3. The largest absolute Gasteiger partial charge is 0.497 e. The minimum atomic E-state index is -0.558. The number of hydrazine groups is 1. The van der Waals surface area contributed by atoms with Crippen LogP contribution in [-0.2, 0) is 6.61 Å². The summed E-state index contributed by atoms with van der Waals surface area (Å²) in [6, 6.07) is 16.6. The van der Waals surface area contributed by atoms with Crippen LogP contribution in [0, 0.1) is 5.82 Å². The summed E-state index contributed by atoms with van der Waals surface area (Å²) >= 11 is 0. The lowest BCUT2D eigenvalue weighted by molar-refractivity contribution is 0.0954. The van der Waals surface area contributed by atoms with E-state index in [1.165, 1.54) is 31.4 Å². The minimum absolute atomic E-state index is 0.187. The molecule has 0 saturated carbocycles. The number of hydrogen-bond acceptors (Lipinski definition) is 5. The maximum atomic E-state index is 14.4. The molecule has 0 saturated heterocycles. The summed E-state index contributed by atoms with van der Waals surface area (Å²) < 4.78 is 30.5. The van der Waals surface area contributed by atoms with Gasteiger partial charge in [-0.1, -0.05) is 12.1 Å². The summed E-state index contributed by atoms with van der Waals surface area (Å²) in [6.07, 6.45) is 0. The van der Waals surface area contributed by atoms with Gasteiger partial charge in [0.15, 0.2) is 0 Å². The first-order valence-corrected chi connectivity index (χ1v) is 8.80. The van der Waals surface area contributed by atoms with E-state index in [1.807, 2.05) is 24.3 Å². The molecule has 0 bridgehead atoms. The Morgan fingerprint density at radius 3 is 2.21 bits per heavy atom. The van der Waals surface area contributed by atoms with Crippen LogP contribution in [0.5, 0.6) is 17.2 Å². The van der Waals surface area contributed by atoms with Crippen molar-refractivity contribution >= 4 is 5.91 Å². The Labute approximate surface area is 168 Å². The van der Waals surface area contributed by atoms with Gasteiger partial charge in [0.25, 0.3) is 5.91 Å². The van der Waals surface area contributed by atoms with Crippen molar-refractivity contribution in [1.82, 2.24) is 5.43 Å².